The fourth-order valence-corrected chi connectivity index (χ4v) is 1.81. The number of aliphatic hydroxyl groups excluding tert-OH is 1. The Kier molecular flexibility index (Phi) is 3.29. The zero-order chi connectivity index (χ0) is 11.4. The molecule has 88 valence electrons. The van der Waals surface area contributed by atoms with Gasteiger partial charge in [0, 0.05) is 13.2 Å². The zero-order valence-electron chi connectivity index (χ0n) is 9.57. The molecule has 1 saturated carbocycles. The van der Waals surface area contributed by atoms with Crippen LogP contribution in [0, 0.1) is 5.41 Å². The largest absolute Gasteiger partial charge is 0.495 e. The lowest BCUT2D eigenvalue weighted by Crippen LogP contribution is -2.17. The van der Waals surface area contributed by atoms with Gasteiger partial charge in [0.2, 0.25) is 0 Å². The van der Waals surface area contributed by atoms with Crippen LogP contribution in [0.3, 0.4) is 0 Å². The highest BCUT2D eigenvalue weighted by Gasteiger charge is 2.41. The van der Waals surface area contributed by atoms with Gasteiger partial charge in [-0.1, -0.05) is 0 Å². The topological polar surface area (TPSA) is 54.4 Å². The van der Waals surface area contributed by atoms with Crippen molar-refractivity contribution in [2.24, 2.45) is 5.41 Å². The maximum atomic E-state index is 8.95. The van der Waals surface area contributed by atoms with Crippen molar-refractivity contribution in [3.8, 4) is 5.75 Å². The molecule has 1 aromatic rings. The van der Waals surface area contributed by atoms with Gasteiger partial charge in [-0.05, 0) is 36.8 Å². The molecular formula is C12H18N2O2. The number of hydrogen-bond acceptors (Lipinski definition) is 4. The Morgan fingerprint density at radius 1 is 1.50 bits per heavy atom. The predicted octanol–water partition coefficient (Wildman–Crippen LogP) is 1.66. The van der Waals surface area contributed by atoms with Crippen molar-refractivity contribution in [3.05, 3.63) is 18.3 Å². The Labute approximate surface area is 95.7 Å². The summed E-state index contributed by atoms with van der Waals surface area (Å²) in [4.78, 5) is 4.24. The van der Waals surface area contributed by atoms with Crippen LogP contribution < -0.4 is 10.1 Å². The van der Waals surface area contributed by atoms with E-state index in [0.29, 0.717) is 5.41 Å². The fraction of sp³-hybridized carbons (Fsp3) is 0.583. The summed E-state index contributed by atoms with van der Waals surface area (Å²) < 4.78 is 5.04. The minimum absolute atomic E-state index is 0.276. The van der Waals surface area contributed by atoms with Crippen molar-refractivity contribution in [1.82, 2.24) is 4.98 Å². The minimum atomic E-state index is 0.276. The van der Waals surface area contributed by atoms with Crippen LogP contribution >= 0.6 is 0 Å². The molecule has 1 aromatic heterocycles. The number of rotatable bonds is 6. The molecule has 2 rings (SSSR count). The lowest BCUT2D eigenvalue weighted by atomic mass is 10.0. The molecule has 1 aliphatic carbocycles. The minimum Gasteiger partial charge on any atom is -0.495 e. The Morgan fingerprint density at radius 3 is 2.81 bits per heavy atom. The first-order valence-electron chi connectivity index (χ1n) is 5.63. The molecule has 1 heterocycles. The molecule has 16 heavy (non-hydrogen) atoms. The predicted molar refractivity (Wildman–Crippen MR) is 62.6 cm³/mol. The van der Waals surface area contributed by atoms with E-state index in [4.69, 9.17) is 9.84 Å². The summed E-state index contributed by atoms with van der Waals surface area (Å²) in [7, 11) is 1.63. The molecule has 1 fully saturated rings. The Balaban J connectivity index is 1.85. The van der Waals surface area contributed by atoms with E-state index in [1.54, 1.807) is 13.3 Å². The summed E-state index contributed by atoms with van der Waals surface area (Å²) in [5, 5.41) is 12.3. The van der Waals surface area contributed by atoms with Gasteiger partial charge in [-0.25, -0.2) is 4.98 Å². The Hall–Kier alpha value is -1.29. The lowest BCUT2D eigenvalue weighted by molar-refractivity contribution is 0.253. The summed E-state index contributed by atoms with van der Waals surface area (Å²) in [5.74, 6) is 1.63. The lowest BCUT2D eigenvalue weighted by Gasteiger charge is -2.14. The molecule has 0 bridgehead atoms. The first-order valence-corrected chi connectivity index (χ1v) is 5.63. The van der Waals surface area contributed by atoms with Gasteiger partial charge in [0.15, 0.2) is 0 Å². The van der Waals surface area contributed by atoms with Crippen LogP contribution in [-0.2, 0) is 0 Å². The van der Waals surface area contributed by atoms with Gasteiger partial charge in [-0.3, -0.25) is 0 Å². The van der Waals surface area contributed by atoms with Crippen molar-refractivity contribution in [2.75, 3.05) is 25.6 Å². The molecule has 0 atom stereocenters. The van der Waals surface area contributed by atoms with Gasteiger partial charge in [0.1, 0.15) is 11.6 Å². The molecule has 4 heteroatoms. The number of anilines is 1. The van der Waals surface area contributed by atoms with E-state index in [1.165, 1.54) is 12.8 Å². The van der Waals surface area contributed by atoms with Crippen molar-refractivity contribution < 1.29 is 9.84 Å². The Morgan fingerprint density at radius 2 is 2.31 bits per heavy atom. The van der Waals surface area contributed by atoms with Crippen LogP contribution in [0.25, 0.3) is 0 Å². The molecule has 1 aliphatic rings. The first-order chi connectivity index (χ1) is 7.78. The summed E-state index contributed by atoms with van der Waals surface area (Å²) in [5.41, 5.74) is 0.316. The number of nitrogens with zero attached hydrogens (tertiary/aromatic N) is 1. The number of nitrogens with one attached hydrogen (secondary N) is 1. The summed E-state index contributed by atoms with van der Waals surface area (Å²) in [6.07, 6.45) is 5.00. The molecule has 0 amide bonds. The SMILES string of the molecule is COc1ccc(NCC2(CCO)CC2)nc1. The van der Waals surface area contributed by atoms with E-state index < -0.39 is 0 Å². The molecule has 4 nitrogen and oxygen atoms in total. The molecular weight excluding hydrogens is 204 g/mol. The van der Waals surface area contributed by atoms with E-state index in [0.717, 1.165) is 24.5 Å². The Bertz CT molecular complexity index is 333. The van der Waals surface area contributed by atoms with Crippen molar-refractivity contribution in [3.63, 3.8) is 0 Å². The molecule has 0 aliphatic heterocycles. The van der Waals surface area contributed by atoms with E-state index in [1.807, 2.05) is 12.1 Å². The third-order valence-corrected chi connectivity index (χ3v) is 3.22. The smallest absolute Gasteiger partial charge is 0.137 e. The summed E-state index contributed by atoms with van der Waals surface area (Å²) >= 11 is 0. The van der Waals surface area contributed by atoms with Crippen LogP contribution in [-0.4, -0.2) is 30.4 Å². The maximum Gasteiger partial charge on any atom is 0.137 e. The van der Waals surface area contributed by atoms with Crippen LogP contribution in [0.15, 0.2) is 18.3 Å². The third-order valence-electron chi connectivity index (χ3n) is 3.22. The highest BCUT2D eigenvalue weighted by Crippen LogP contribution is 2.48. The zero-order valence-corrected chi connectivity index (χ0v) is 9.57. The van der Waals surface area contributed by atoms with E-state index in [9.17, 15) is 0 Å². The number of aliphatic hydroxyl groups is 1. The van der Waals surface area contributed by atoms with Crippen LogP contribution in [0.4, 0.5) is 5.82 Å². The second kappa shape index (κ2) is 4.70. The molecule has 0 aromatic carbocycles. The van der Waals surface area contributed by atoms with Gasteiger partial charge in [-0.15, -0.1) is 0 Å². The monoisotopic (exact) mass is 222 g/mol. The summed E-state index contributed by atoms with van der Waals surface area (Å²) in [6.45, 7) is 1.17. The van der Waals surface area contributed by atoms with Gasteiger partial charge in [0.25, 0.3) is 0 Å². The van der Waals surface area contributed by atoms with Crippen LogP contribution in [0.1, 0.15) is 19.3 Å². The van der Waals surface area contributed by atoms with Gasteiger partial charge in [0.05, 0.1) is 13.3 Å². The average molecular weight is 222 g/mol. The van der Waals surface area contributed by atoms with Gasteiger partial charge < -0.3 is 15.2 Å². The standard InChI is InChI=1S/C12H18N2O2/c1-16-10-2-3-11(13-8-10)14-9-12(4-5-12)6-7-15/h2-3,8,15H,4-7,9H2,1H3,(H,13,14). The molecule has 0 unspecified atom stereocenters. The van der Waals surface area contributed by atoms with Crippen molar-refractivity contribution in [2.45, 2.75) is 19.3 Å². The molecule has 0 saturated heterocycles. The van der Waals surface area contributed by atoms with Crippen LogP contribution in [0.5, 0.6) is 5.75 Å². The quantitative estimate of drug-likeness (QED) is 0.768. The first kappa shape index (κ1) is 11.2. The van der Waals surface area contributed by atoms with E-state index in [2.05, 4.69) is 10.3 Å². The average Bonchev–Trinajstić information content (AvgIpc) is 3.08. The number of ether oxygens (including phenoxy) is 1. The second-order valence-corrected chi connectivity index (χ2v) is 4.41. The van der Waals surface area contributed by atoms with Crippen LogP contribution in [0.2, 0.25) is 0 Å². The van der Waals surface area contributed by atoms with Gasteiger partial charge >= 0.3 is 0 Å². The summed E-state index contributed by atoms with van der Waals surface area (Å²) in [6, 6.07) is 3.80. The highest BCUT2D eigenvalue weighted by molar-refractivity contribution is 5.38. The molecule has 0 spiro atoms. The second-order valence-electron chi connectivity index (χ2n) is 4.41. The number of methoxy groups -OCH3 is 1. The fourth-order valence-electron chi connectivity index (χ4n) is 1.81. The molecule has 2 N–H and O–H groups in total. The van der Waals surface area contributed by atoms with Crippen molar-refractivity contribution >= 4 is 5.82 Å². The highest BCUT2D eigenvalue weighted by atomic mass is 16.5. The number of aromatic nitrogens is 1. The number of pyridine rings is 1. The maximum absolute atomic E-state index is 8.95. The molecule has 0 radical (unpaired) electrons. The van der Waals surface area contributed by atoms with Gasteiger partial charge in [-0.2, -0.15) is 0 Å². The normalized spacial score (nSPS) is 16.9. The van der Waals surface area contributed by atoms with E-state index in [-0.39, 0.29) is 6.61 Å². The van der Waals surface area contributed by atoms with Crippen molar-refractivity contribution in [1.29, 1.82) is 0 Å². The third kappa shape index (κ3) is 2.64. The van der Waals surface area contributed by atoms with E-state index >= 15 is 0 Å². The number of hydrogen-bond donors (Lipinski definition) is 2.